The molecule has 142 valence electrons. The third-order valence-electron chi connectivity index (χ3n) is 4.42. The minimum Gasteiger partial charge on any atom is -0.512 e. The van der Waals surface area contributed by atoms with Crippen molar-refractivity contribution >= 4 is 27.9 Å². The number of hydrogen-bond acceptors (Lipinski definition) is 6. The number of aliphatic hydroxyl groups excluding tert-OH is 1. The second-order valence-electron chi connectivity index (χ2n) is 6.37. The van der Waals surface area contributed by atoms with Crippen molar-refractivity contribution in [3.8, 4) is 0 Å². The van der Waals surface area contributed by atoms with Crippen LogP contribution in [0.2, 0.25) is 0 Å². The number of carbonyl (C=O) groups is 2. The first-order valence-corrected chi connectivity index (χ1v) is 9.25. The molecule has 0 amide bonds. The van der Waals surface area contributed by atoms with Gasteiger partial charge in [-0.2, -0.15) is 0 Å². The molecule has 0 spiro atoms. The lowest BCUT2D eigenvalue weighted by molar-refractivity contribution is -0.160. The molecule has 26 heavy (non-hydrogen) atoms. The van der Waals surface area contributed by atoms with E-state index < -0.39 is 29.4 Å². The molecule has 0 saturated carbocycles. The first-order valence-electron chi connectivity index (χ1n) is 8.46. The Morgan fingerprint density at radius 3 is 2.31 bits per heavy atom. The Balaban J connectivity index is 2.65. The minimum absolute atomic E-state index is 0.0150. The van der Waals surface area contributed by atoms with Gasteiger partial charge in [0.15, 0.2) is 0 Å². The topological polar surface area (TPSA) is 93.1 Å². The Kier molecular flexibility index (Phi) is 6.47. The summed E-state index contributed by atoms with van der Waals surface area (Å²) < 4.78 is 11.1. The standard InChI is InChI=1S/C19H23BrO6/c1-4-25-17(22)15-13(21)10-19(3,24)16(18(23)26-5-2)14(15)11-6-8-12(20)9-7-11/h6-9,14,16,21,24H,4-5,10H2,1-3H3. The zero-order valence-electron chi connectivity index (χ0n) is 15.0. The number of halogens is 1. The van der Waals surface area contributed by atoms with Crippen LogP contribution in [0.1, 0.15) is 38.7 Å². The summed E-state index contributed by atoms with van der Waals surface area (Å²) in [6.45, 7) is 5.06. The van der Waals surface area contributed by atoms with Crippen molar-refractivity contribution in [1.82, 2.24) is 0 Å². The van der Waals surface area contributed by atoms with Crippen molar-refractivity contribution in [1.29, 1.82) is 0 Å². The summed E-state index contributed by atoms with van der Waals surface area (Å²) in [5.74, 6) is -3.55. The lowest BCUT2D eigenvalue weighted by Crippen LogP contribution is -2.49. The van der Waals surface area contributed by atoms with E-state index in [4.69, 9.17) is 9.47 Å². The minimum atomic E-state index is -1.58. The monoisotopic (exact) mass is 426 g/mol. The van der Waals surface area contributed by atoms with E-state index in [9.17, 15) is 19.8 Å². The number of rotatable bonds is 5. The fourth-order valence-electron chi connectivity index (χ4n) is 3.35. The SMILES string of the molecule is CCOC(=O)C1=C(O)CC(C)(O)C(C(=O)OCC)C1c1ccc(Br)cc1. The first-order chi connectivity index (χ1) is 12.2. The van der Waals surface area contributed by atoms with Gasteiger partial charge in [-0.3, -0.25) is 4.79 Å². The highest BCUT2D eigenvalue weighted by molar-refractivity contribution is 9.10. The van der Waals surface area contributed by atoms with Gasteiger partial charge in [0.05, 0.1) is 30.3 Å². The third-order valence-corrected chi connectivity index (χ3v) is 4.94. The van der Waals surface area contributed by atoms with Crippen LogP contribution in [0, 0.1) is 5.92 Å². The van der Waals surface area contributed by atoms with Gasteiger partial charge in [0.2, 0.25) is 0 Å². The summed E-state index contributed by atoms with van der Waals surface area (Å²) in [7, 11) is 0. The summed E-state index contributed by atoms with van der Waals surface area (Å²) >= 11 is 3.35. The van der Waals surface area contributed by atoms with Crippen LogP contribution < -0.4 is 0 Å². The average Bonchev–Trinajstić information content (AvgIpc) is 2.54. The van der Waals surface area contributed by atoms with Crippen molar-refractivity contribution in [3.05, 3.63) is 45.6 Å². The molecule has 0 aliphatic heterocycles. The highest BCUT2D eigenvalue weighted by Gasteiger charge is 2.52. The molecule has 1 aromatic carbocycles. The number of benzene rings is 1. The first kappa shape index (κ1) is 20.5. The molecule has 0 bridgehead atoms. The Bertz CT molecular complexity index is 707. The summed E-state index contributed by atoms with van der Waals surface area (Å²) in [6, 6.07) is 6.99. The molecule has 2 rings (SSSR count). The van der Waals surface area contributed by atoms with Gasteiger partial charge < -0.3 is 19.7 Å². The van der Waals surface area contributed by atoms with Crippen molar-refractivity contribution in [2.45, 2.75) is 38.7 Å². The number of carbonyl (C=O) groups excluding carboxylic acids is 2. The summed E-state index contributed by atoms with van der Waals surface area (Å²) in [4.78, 5) is 25.2. The van der Waals surface area contributed by atoms with Crippen LogP contribution in [0.4, 0.5) is 0 Å². The number of hydrogen-bond donors (Lipinski definition) is 2. The van der Waals surface area contributed by atoms with Gasteiger partial charge in [0.1, 0.15) is 5.76 Å². The quantitative estimate of drug-likeness (QED) is 0.701. The molecule has 0 radical (unpaired) electrons. The van der Waals surface area contributed by atoms with Crippen LogP contribution in [-0.2, 0) is 19.1 Å². The molecule has 0 saturated heterocycles. The zero-order chi connectivity index (χ0) is 19.5. The molecule has 3 atom stereocenters. The van der Waals surface area contributed by atoms with Crippen LogP contribution in [-0.4, -0.2) is 41.0 Å². The molecule has 7 heteroatoms. The lowest BCUT2D eigenvalue weighted by atomic mass is 9.66. The smallest absolute Gasteiger partial charge is 0.338 e. The lowest BCUT2D eigenvalue weighted by Gasteiger charge is -2.41. The molecular weight excluding hydrogens is 404 g/mol. The van der Waals surface area contributed by atoms with Crippen molar-refractivity contribution in [2.24, 2.45) is 5.92 Å². The molecule has 0 heterocycles. The highest BCUT2D eigenvalue weighted by atomic mass is 79.9. The Morgan fingerprint density at radius 1 is 1.19 bits per heavy atom. The molecule has 1 aromatic rings. The predicted molar refractivity (Wildman–Crippen MR) is 98.5 cm³/mol. The van der Waals surface area contributed by atoms with E-state index in [1.54, 1.807) is 38.1 Å². The van der Waals surface area contributed by atoms with Crippen molar-refractivity contribution < 1.29 is 29.3 Å². The van der Waals surface area contributed by atoms with E-state index in [-0.39, 0.29) is 31.0 Å². The molecule has 0 aromatic heterocycles. The van der Waals surface area contributed by atoms with E-state index in [2.05, 4.69) is 15.9 Å². The van der Waals surface area contributed by atoms with Gasteiger partial charge in [-0.25, -0.2) is 4.79 Å². The van der Waals surface area contributed by atoms with Crippen molar-refractivity contribution in [2.75, 3.05) is 13.2 Å². The Labute approximate surface area is 160 Å². The molecule has 1 aliphatic rings. The largest absolute Gasteiger partial charge is 0.512 e. The molecule has 2 N–H and O–H groups in total. The van der Waals surface area contributed by atoms with Crippen LogP contribution in [0.5, 0.6) is 0 Å². The maximum Gasteiger partial charge on any atom is 0.338 e. The second-order valence-corrected chi connectivity index (χ2v) is 7.29. The van der Waals surface area contributed by atoms with Gasteiger partial charge in [-0.15, -0.1) is 0 Å². The summed E-state index contributed by atoms with van der Waals surface area (Å²) in [5.41, 5.74) is -0.996. The zero-order valence-corrected chi connectivity index (χ0v) is 16.6. The molecule has 3 unspecified atom stereocenters. The van der Waals surface area contributed by atoms with E-state index in [1.165, 1.54) is 6.92 Å². The third kappa shape index (κ3) is 4.10. The van der Waals surface area contributed by atoms with Gasteiger partial charge in [-0.05, 0) is 38.5 Å². The van der Waals surface area contributed by atoms with E-state index in [0.717, 1.165) is 4.47 Å². The van der Waals surface area contributed by atoms with Gasteiger partial charge in [0.25, 0.3) is 0 Å². The Hall–Kier alpha value is -1.86. The van der Waals surface area contributed by atoms with E-state index in [1.807, 2.05) is 0 Å². The maximum absolute atomic E-state index is 12.6. The van der Waals surface area contributed by atoms with Crippen LogP contribution in [0.15, 0.2) is 40.1 Å². The van der Waals surface area contributed by atoms with E-state index >= 15 is 0 Å². The van der Waals surface area contributed by atoms with Gasteiger partial charge in [0, 0.05) is 16.8 Å². The fraction of sp³-hybridized carbons (Fsp3) is 0.474. The van der Waals surface area contributed by atoms with E-state index in [0.29, 0.717) is 5.56 Å². The predicted octanol–water partition coefficient (Wildman–Crippen LogP) is 3.24. The maximum atomic E-state index is 12.6. The number of esters is 2. The van der Waals surface area contributed by atoms with Crippen LogP contribution in [0.25, 0.3) is 0 Å². The molecule has 1 aliphatic carbocycles. The average molecular weight is 427 g/mol. The number of aliphatic hydroxyl groups is 2. The molecular formula is C19H23BrO6. The number of ether oxygens (including phenoxy) is 2. The van der Waals surface area contributed by atoms with Gasteiger partial charge >= 0.3 is 11.9 Å². The van der Waals surface area contributed by atoms with Crippen molar-refractivity contribution in [3.63, 3.8) is 0 Å². The summed E-state index contributed by atoms with van der Waals surface area (Å²) in [5, 5.41) is 21.3. The highest BCUT2D eigenvalue weighted by Crippen LogP contribution is 2.47. The second kappa shape index (κ2) is 8.22. The molecule has 6 nitrogen and oxygen atoms in total. The summed E-state index contributed by atoms with van der Waals surface area (Å²) in [6.07, 6.45) is -0.238. The Morgan fingerprint density at radius 2 is 1.77 bits per heavy atom. The van der Waals surface area contributed by atoms with Crippen LogP contribution in [0.3, 0.4) is 0 Å². The molecule has 0 fully saturated rings. The fourth-order valence-corrected chi connectivity index (χ4v) is 3.62. The normalized spacial score (nSPS) is 25.7. The van der Waals surface area contributed by atoms with Gasteiger partial charge in [-0.1, -0.05) is 28.1 Å². The van der Waals surface area contributed by atoms with Crippen LogP contribution >= 0.6 is 15.9 Å².